The van der Waals surface area contributed by atoms with E-state index < -0.39 is 0 Å². The summed E-state index contributed by atoms with van der Waals surface area (Å²) < 4.78 is 16.6. The van der Waals surface area contributed by atoms with Gasteiger partial charge >= 0.3 is 0 Å². The second kappa shape index (κ2) is 9.44. The van der Waals surface area contributed by atoms with Gasteiger partial charge in [0, 0.05) is 19.8 Å². The van der Waals surface area contributed by atoms with Gasteiger partial charge in [0.05, 0.1) is 12.3 Å². The number of rotatable bonds is 10. The van der Waals surface area contributed by atoms with E-state index >= 15 is 0 Å². The molecule has 104 valence electrons. The molecule has 0 aliphatic rings. The molecule has 0 saturated carbocycles. The predicted molar refractivity (Wildman–Crippen MR) is 74.7 cm³/mol. The SMILES string of the molecule is CCOC(CNCc1ccc(CSC)o1)OCC. The van der Waals surface area contributed by atoms with Crippen LogP contribution in [-0.2, 0) is 21.8 Å². The molecule has 0 amide bonds. The molecule has 1 rings (SSSR count). The average molecular weight is 273 g/mol. The first-order chi connectivity index (χ1) is 8.80. The maximum Gasteiger partial charge on any atom is 0.169 e. The number of hydrogen-bond acceptors (Lipinski definition) is 5. The van der Waals surface area contributed by atoms with Gasteiger partial charge in [-0.2, -0.15) is 11.8 Å². The summed E-state index contributed by atoms with van der Waals surface area (Å²) in [5, 5.41) is 3.28. The van der Waals surface area contributed by atoms with Crippen LogP contribution in [0.15, 0.2) is 16.5 Å². The maximum absolute atomic E-state index is 5.66. The Bertz CT molecular complexity index is 311. The van der Waals surface area contributed by atoms with E-state index in [-0.39, 0.29) is 6.29 Å². The minimum atomic E-state index is -0.180. The van der Waals surface area contributed by atoms with Crippen LogP contribution in [0.25, 0.3) is 0 Å². The molecule has 0 aliphatic carbocycles. The minimum absolute atomic E-state index is 0.180. The van der Waals surface area contributed by atoms with Crippen molar-refractivity contribution in [1.82, 2.24) is 5.32 Å². The van der Waals surface area contributed by atoms with Gasteiger partial charge in [0.2, 0.25) is 0 Å². The van der Waals surface area contributed by atoms with Gasteiger partial charge < -0.3 is 19.2 Å². The van der Waals surface area contributed by atoms with Gasteiger partial charge in [-0.1, -0.05) is 0 Å². The number of hydrogen-bond donors (Lipinski definition) is 1. The van der Waals surface area contributed by atoms with Crippen LogP contribution >= 0.6 is 11.8 Å². The fourth-order valence-electron chi connectivity index (χ4n) is 1.59. The summed E-state index contributed by atoms with van der Waals surface area (Å²) in [5.74, 6) is 2.89. The molecule has 5 heteroatoms. The summed E-state index contributed by atoms with van der Waals surface area (Å²) in [5.41, 5.74) is 0. The van der Waals surface area contributed by atoms with Crippen molar-refractivity contribution >= 4 is 11.8 Å². The molecular weight excluding hydrogens is 250 g/mol. The van der Waals surface area contributed by atoms with Gasteiger partial charge in [-0.3, -0.25) is 0 Å². The Morgan fingerprint density at radius 1 is 1.22 bits per heavy atom. The lowest BCUT2D eigenvalue weighted by Crippen LogP contribution is -2.31. The topological polar surface area (TPSA) is 43.6 Å². The van der Waals surface area contributed by atoms with Gasteiger partial charge in [-0.25, -0.2) is 0 Å². The predicted octanol–water partition coefficient (Wildman–Crippen LogP) is 2.63. The van der Waals surface area contributed by atoms with Crippen molar-refractivity contribution in [2.45, 2.75) is 32.4 Å². The molecule has 1 aromatic heterocycles. The second-order valence-electron chi connectivity index (χ2n) is 3.77. The van der Waals surface area contributed by atoms with E-state index in [0.717, 1.165) is 17.3 Å². The highest BCUT2D eigenvalue weighted by Gasteiger charge is 2.08. The smallest absolute Gasteiger partial charge is 0.169 e. The highest BCUT2D eigenvalue weighted by Crippen LogP contribution is 2.13. The van der Waals surface area contributed by atoms with E-state index in [1.807, 2.05) is 26.0 Å². The Morgan fingerprint density at radius 2 is 1.89 bits per heavy atom. The van der Waals surface area contributed by atoms with Crippen molar-refractivity contribution < 1.29 is 13.9 Å². The largest absolute Gasteiger partial charge is 0.464 e. The summed E-state index contributed by atoms with van der Waals surface area (Å²) in [6.45, 7) is 6.61. The third-order valence-electron chi connectivity index (χ3n) is 2.32. The van der Waals surface area contributed by atoms with Gasteiger partial charge in [0.25, 0.3) is 0 Å². The van der Waals surface area contributed by atoms with Gasteiger partial charge in [0.1, 0.15) is 11.5 Å². The van der Waals surface area contributed by atoms with Crippen molar-refractivity contribution in [3.05, 3.63) is 23.7 Å². The molecule has 1 N–H and O–H groups in total. The second-order valence-corrected chi connectivity index (χ2v) is 4.64. The van der Waals surface area contributed by atoms with Gasteiger partial charge in [0.15, 0.2) is 6.29 Å². The van der Waals surface area contributed by atoms with Crippen LogP contribution in [-0.4, -0.2) is 32.3 Å². The average Bonchev–Trinajstić information content (AvgIpc) is 2.78. The third kappa shape index (κ3) is 5.91. The van der Waals surface area contributed by atoms with Gasteiger partial charge in [-0.05, 0) is 32.2 Å². The molecular formula is C13H23NO3S. The Labute approximate surface area is 113 Å². The maximum atomic E-state index is 5.66. The van der Waals surface area contributed by atoms with Crippen molar-refractivity contribution in [2.24, 2.45) is 0 Å². The van der Waals surface area contributed by atoms with E-state index in [1.165, 1.54) is 0 Å². The Hall–Kier alpha value is -0.490. The lowest BCUT2D eigenvalue weighted by molar-refractivity contribution is -0.133. The summed E-state index contributed by atoms with van der Waals surface area (Å²) in [6, 6.07) is 4.03. The number of ether oxygens (including phenoxy) is 2. The van der Waals surface area contributed by atoms with E-state index in [4.69, 9.17) is 13.9 Å². The van der Waals surface area contributed by atoms with Crippen molar-refractivity contribution in [1.29, 1.82) is 0 Å². The lowest BCUT2D eigenvalue weighted by atomic mass is 10.4. The molecule has 1 heterocycles. The molecule has 0 spiro atoms. The van der Waals surface area contributed by atoms with Crippen LogP contribution in [0.3, 0.4) is 0 Å². The summed E-state index contributed by atoms with van der Waals surface area (Å²) in [6.07, 6.45) is 1.88. The van der Waals surface area contributed by atoms with E-state index in [9.17, 15) is 0 Å². The Kier molecular flexibility index (Phi) is 8.17. The lowest BCUT2D eigenvalue weighted by Gasteiger charge is -2.16. The first kappa shape index (κ1) is 15.6. The molecule has 0 radical (unpaired) electrons. The van der Waals surface area contributed by atoms with E-state index in [1.54, 1.807) is 11.8 Å². The highest BCUT2D eigenvalue weighted by atomic mass is 32.2. The van der Waals surface area contributed by atoms with Crippen LogP contribution in [0.5, 0.6) is 0 Å². The summed E-state index contributed by atoms with van der Waals surface area (Å²) in [7, 11) is 0. The highest BCUT2D eigenvalue weighted by molar-refractivity contribution is 7.97. The fourth-order valence-corrected chi connectivity index (χ4v) is 2.03. The van der Waals surface area contributed by atoms with E-state index in [2.05, 4.69) is 11.6 Å². The molecule has 4 nitrogen and oxygen atoms in total. The number of nitrogens with one attached hydrogen (secondary N) is 1. The molecule has 0 unspecified atom stereocenters. The molecule has 0 fully saturated rings. The molecule has 18 heavy (non-hydrogen) atoms. The Morgan fingerprint density at radius 3 is 2.50 bits per heavy atom. The fraction of sp³-hybridized carbons (Fsp3) is 0.692. The van der Waals surface area contributed by atoms with Crippen molar-refractivity contribution in [2.75, 3.05) is 26.0 Å². The van der Waals surface area contributed by atoms with Crippen LogP contribution in [0.4, 0.5) is 0 Å². The minimum Gasteiger partial charge on any atom is -0.464 e. The van der Waals surface area contributed by atoms with Crippen LogP contribution in [0.1, 0.15) is 25.4 Å². The van der Waals surface area contributed by atoms with Crippen molar-refractivity contribution in [3.63, 3.8) is 0 Å². The first-order valence-electron chi connectivity index (χ1n) is 6.30. The third-order valence-corrected chi connectivity index (χ3v) is 2.89. The molecule has 0 saturated heterocycles. The quantitative estimate of drug-likeness (QED) is 0.664. The number of furan rings is 1. The molecule has 0 aliphatic heterocycles. The molecule has 0 bridgehead atoms. The number of thioether (sulfide) groups is 1. The monoisotopic (exact) mass is 273 g/mol. The van der Waals surface area contributed by atoms with Crippen molar-refractivity contribution in [3.8, 4) is 0 Å². The van der Waals surface area contributed by atoms with Crippen LogP contribution in [0.2, 0.25) is 0 Å². The Balaban J connectivity index is 2.25. The van der Waals surface area contributed by atoms with Crippen LogP contribution < -0.4 is 5.32 Å². The van der Waals surface area contributed by atoms with Crippen LogP contribution in [0, 0.1) is 0 Å². The zero-order chi connectivity index (χ0) is 13.2. The molecule has 0 aromatic carbocycles. The van der Waals surface area contributed by atoms with E-state index in [0.29, 0.717) is 26.3 Å². The van der Waals surface area contributed by atoms with Gasteiger partial charge in [-0.15, -0.1) is 0 Å². The zero-order valence-electron chi connectivity index (χ0n) is 11.4. The summed E-state index contributed by atoms with van der Waals surface area (Å²) >= 11 is 1.76. The molecule has 1 aromatic rings. The standard InChI is InChI=1S/C13H23NO3S/c1-4-15-13(16-5-2)9-14-8-11-6-7-12(17-11)10-18-3/h6-7,13-14H,4-5,8-10H2,1-3H3. The molecule has 0 atom stereocenters. The normalized spacial score (nSPS) is 11.3. The summed E-state index contributed by atoms with van der Waals surface area (Å²) in [4.78, 5) is 0. The first-order valence-corrected chi connectivity index (χ1v) is 7.70. The zero-order valence-corrected chi connectivity index (χ0v) is 12.2.